The molecular formula is C11H16N2OS. The van der Waals surface area contributed by atoms with Crippen molar-refractivity contribution in [1.29, 1.82) is 0 Å². The van der Waals surface area contributed by atoms with E-state index in [1.807, 2.05) is 23.3 Å². The summed E-state index contributed by atoms with van der Waals surface area (Å²) in [6.45, 7) is 6.64. The number of carbonyl (C=O) groups is 1. The molecule has 2 heterocycles. The van der Waals surface area contributed by atoms with Crippen LogP contribution in [0, 0.1) is 6.92 Å². The van der Waals surface area contributed by atoms with Gasteiger partial charge in [-0.2, -0.15) is 0 Å². The average Bonchev–Trinajstić information content (AvgIpc) is 2.63. The summed E-state index contributed by atoms with van der Waals surface area (Å²) in [5.74, 6) is 0.191. The van der Waals surface area contributed by atoms with Crippen molar-refractivity contribution in [1.82, 2.24) is 10.2 Å². The zero-order valence-corrected chi connectivity index (χ0v) is 9.93. The molecule has 1 N–H and O–H groups in total. The Morgan fingerprint density at radius 1 is 1.67 bits per heavy atom. The topological polar surface area (TPSA) is 32.3 Å². The van der Waals surface area contributed by atoms with Gasteiger partial charge in [-0.15, -0.1) is 11.3 Å². The third kappa shape index (κ3) is 2.21. The van der Waals surface area contributed by atoms with E-state index in [4.69, 9.17) is 0 Å². The van der Waals surface area contributed by atoms with Gasteiger partial charge in [0.1, 0.15) is 0 Å². The smallest absolute Gasteiger partial charge is 0.264 e. The molecule has 1 amide bonds. The second kappa shape index (κ2) is 4.33. The monoisotopic (exact) mass is 224 g/mol. The summed E-state index contributed by atoms with van der Waals surface area (Å²) in [7, 11) is 0. The van der Waals surface area contributed by atoms with Crippen LogP contribution < -0.4 is 5.32 Å². The highest BCUT2D eigenvalue weighted by atomic mass is 32.1. The van der Waals surface area contributed by atoms with E-state index in [0.717, 1.165) is 30.1 Å². The number of thiophene rings is 1. The predicted molar refractivity (Wildman–Crippen MR) is 62.4 cm³/mol. The Balaban J connectivity index is 2.11. The molecule has 1 aliphatic rings. The predicted octanol–water partition coefficient (Wildman–Crippen LogP) is 1.49. The normalized spacial score (nSPS) is 21.7. The Hall–Kier alpha value is -0.870. The summed E-state index contributed by atoms with van der Waals surface area (Å²) in [6.07, 6.45) is 0. The number of amides is 1. The molecule has 1 aliphatic heterocycles. The lowest BCUT2D eigenvalue weighted by atomic mass is 10.2. The third-order valence-corrected chi connectivity index (χ3v) is 3.72. The minimum atomic E-state index is 0.191. The summed E-state index contributed by atoms with van der Waals surface area (Å²) >= 11 is 1.54. The number of rotatable bonds is 1. The lowest BCUT2D eigenvalue weighted by Gasteiger charge is -2.31. The van der Waals surface area contributed by atoms with E-state index in [1.165, 1.54) is 0 Å². The highest BCUT2D eigenvalue weighted by Crippen LogP contribution is 2.18. The van der Waals surface area contributed by atoms with Gasteiger partial charge in [-0.05, 0) is 30.9 Å². The standard InChI is InChI=1S/C11H16N2OS/c1-8-3-6-15-10(8)11(14)13-5-4-12-9(2)7-13/h3,6,9,12H,4-5,7H2,1-2H3. The highest BCUT2D eigenvalue weighted by Gasteiger charge is 2.23. The van der Waals surface area contributed by atoms with Gasteiger partial charge in [-0.25, -0.2) is 0 Å². The quantitative estimate of drug-likeness (QED) is 0.784. The molecule has 1 unspecified atom stereocenters. The van der Waals surface area contributed by atoms with Gasteiger partial charge in [-0.3, -0.25) is 4.79 Å². The summed E-state index contributed by atoms with van der Waals surface area (Å²) < 4.78 is 0. The Labute approximate surface area is 94.1 Å². The lowest BCUT2D eigenvalue weighted by molar-refractivity contribution is 0.0713. The number of hydrogen-bond donors (Lipinski definition) is 1. The molecule has 82 valence electrons. The van der Waals surface area contributed by atoms with Gasteiger partial charge in [0.25, 0.3) is 5.91 Å². The summed E-state index contributed by atoms with van der Waals surface area (Å²) in [5, 5.41) is 5.32. The van der Waals surface area contributed by atoms with E-state index in [1.54, 1.807) is 11.3 Å². The largest absolute Gasteiger partial charge is 0.335 e. The third-order valence-electron chi connectivity index (χ3n) is 2.71. The second-order valence-electron chi connectivity index (χ2n) is 4.04. The Morgan fingerprint density at radius 3 is 3.07 bits per heavy atom. The zero-order chi connectivity index (χ0) is 10.8. The van der Waals surface area contributed by atoms with Crippen molar-refractivity contribution in [3.63, 3.8) is 0 Å². The van der Waals surface area contributed by atoms with Crippen molar-refractivity contribution >= 4 is 17.2 Å². The van der Waals surface area contributed by atoms with Crippen LogP contribution in [0.25, 0.3) is 0 Å². The van der Waals surface area contributed by atoms with Gasteiger partial charge in [0.2, 0.25) is 0 Å². The number of nitrogens with zero attached hydrogens (tertiary/aromatic N) is 1. The van der Waals surface area contributed by atoms with E-state index in [-0.39, 0.29) is 5.91 Å². The second-order valence-corrected chi connectivity index (χ2v) is 4.96. The van der Waals surface area contributed by atoms with E-state index < -0.39 is 0 Å². The van der Waals surface area contributed by atoms with Crippen molar-refractivity contribution < 1.29 is 4.79 Å². The van der Waals surface area contributed by atoms with E-state index >= 15 is 0 Å². The summed E-state index contributed by atoms with van der Waals surface area (Å²) in [4.78, 5) is 15.0. The van der Waals surface area contributed by atoms with Crippen LogP contribution in [0.15, 0.2) is 11.4 Å². The van der Waals surface area contributed by atoms with Gasteiger partial charge < -0.3 is 10.2 Å². The minimum absolute atomic E-state index is 0.191. The molecule has 15 heavy (non-hydrogen) atoms. The SMILES string of the molecule is Cc1ccsc1C(=O)N1CCNC(C)C1. The fourth-order valence-electron chi connectivity index (χ4n) is 1.85. The molecule has 0 spiro atoms. The maximum Gasteiger partial charge on any atom is 0.264 e. The van der Waals surface area contributed by atoms with E-state index in [9.17, 15) is 4.79 Å². The van der Waals surface area contributed by atoms with Crippen LogP contribution in [0.4, 0.5) is 0 Å². The molecule has 0 bridgehead atoms. The van der Waals surface area contributed by atoms with Crippen molar-refractivity contribution in [2.24, 2.45) is 0 Å². The molecule has 4 heteroatoms. The van der Waals surface area contributed by atoms with E-state index in [2.05, 4.69) is 12.2 Å². The maximum atomic E-state index is 12.1. The summed E-state index contributed by atoms with van der Waals surface area (Å²) in [6, 6.07) is 2.41. The average molecular weight is 224 g/mol. The molecular weight excluding hydrogens is 208 g/mol. The summed E-state index contributed by atoms with van der Waals surface area (Å²) in [5.41, 5.74) is 1.09. The fourth-order valence-corrected chi connectivity index (χ4v) is 2.74. The van der Waals surface area contributed by atoms with Crippen molar-refractivity contribution in [3.8, 4) is 0 Å². The van der Waals surface area contributed by atoms with Crippen LogP contribution in [0.1, 0.15) is 22.2 Å². The van der Waals surface area contributed by atoms with Crippen LogP contribution >= 0.6 is 11.3 Å². The molecule has 1 saturated heterocycles. The molecule has 1 aromatic rings. The molecule has 3 nitrogen and oxygen atoms in total. The Morgan fingerprint density at radius 2 is 2.47 bits per heavy atom. The van der Waals surface area contributed by atoms with Gasteiger partial charge in [0.05, 0.1) is 4.88 Å². The number of piperazine rings is 1. The first-order valence-electron chi connectivity index (χ1n) is 5.25. The van der Waals surface area contributed by atoms with Crippen LogP contribution in [-0.2, 0) is 0 Å². The number of aryl methyl sites for hydroxylation is 1. The molecule has 0 aromatic carbocycles. The van der Waals surface area contributed by atoms with Crippen LogP contribution in [0.3, 0.4) is 0 Å². The zero-order valence-electron chi connectivity index (χ0n) is 9.12. The first-order chi connectivity index (χ1) is 7.18. The molecule has 0 radical (unpaired) electrons. The van der Waals surface area contributed by atoms with Crippen LogP contribution in [0.5, 0.6) is 0 Å². The number of hydrogen-bond acceptors (Lipinski definition) is 3. The molecule has 1 atom stereocenters. The first kappa shape index (κ1) is 10.6. The van der Waals surface area contributed by atoms with E-state index in [0.29, 0.717) is 6.04 Å². The van der Waals surface area contributed by atoms with Crippen LogP contribution in [0.2, 0.25) is 0 Å². The van der Waals surface area contributed by atoms with Gasteiger partial charge in [-0.1, -0.05) is 0 Å². The molecule has 2 rings (SSSR count). The fraction of sp³-hybridized carbons (Fsp3) is 0.545. The van der Waals surface area contributed by atoms with Crippen molar-refractivity contribution in [2.75, 3.05) is 19.6 Å². The lowest BCUT2D eigenvalue weighted by Crippen LogP contribution is -2.51. The van der Waals surface area contributed by atoms with Gasteiger partial charge in [0, 0.05) is 25.7 Å². The van der Waals surface area contributed by atoms with Crippen molar-refractivity contribution in [2.45, 2.75) is 19.9 Å². The van der Waals surface area contributed by atoms with Crippen LogP contribution in [-0.4, -0.2) is 36.5 Å². The molecule has 1 aromatic heterocycles. The molecule has 0 saturated carbocycles. The molecule has 1 fully saturated rings. The first-order valence-corrected chi connectivity index (χ1v) is 6.13. The molecule has 0 aliphatic carbocycles. The number of carbonyl (C=O) groups excluding carboxylic acids is 1. The number of nitrogens with one attached hydrogen (secondary N) is 1. The Kier molecular flexibility index (Phi) is 3.07. The van der Waals surface area contributed by atoms with Gasteiger partial charge >= 0.3 is 0 Å². The Bertz CT molecular complexity index is 361. The highest BCUT2D eigenvalue weighted by molar-refractivity contribution is 7.12. The maximum absolute atomic E-state index is 12.1. The van der Waals surface area contributed by atoms with Gasteiger partial charge in [0.15, 0.2) is 0 Å². The minimum Gasteiger partial charge on any atom is -0.335 e. The van der Waals surface area contributed by atoms with Crippen molar-refractivity contribution in [3.05, 3.63) is 21.9 Å².